The van der Waals surface area contributed by atoms with Gasteiger partial charge in [0.15, 0.2) is 0 Å². The molecule has 0 fully saturated rings. The van der Waals surface area contributed by atoms with Crippen LogP contribution < -0.4 is 36.0 Å². The van der Waals surface area contributed by atoms with Gasteiger partial charge in [0.2, 0.25) is 0 Å². The van der Waals surface area contributed by atoms with Crippen molar-refractivity contribution in [1.29, 1.82) is 0 Å². The highest BCUT2D eigenvalue weighted by Crippen LogP contribution is 2.50. The molecule has 0 amide bonds. The summed E-state index contributed by atoms with van der Waals surface area (Å²) in [6, 6.07) is 108. The summed E-state index contributed by atoms with van der Waals surface area (Å²) in [5, 5.41) is 0. The number of hydrogen-bond donors (Lipinski definition) is 0. The first-order valence-electron chi connectivity index (χ1n) is 31.4. The van der Waals surface area contributed by atoms with Crippen LogP contribution in [0.5, 0.6) is 0 Å². The van der Waals surface area contributed by atoms with Gasteiger partial charge in [-0.05, 0) is 186 Å². The Kier molecular flexibility index (Phi) is 14.4. The Labute approximate surface area is 527 Å². The van der Waals surface area contributed by atoms with Crippen LogP contribution in [0.25, 0.3) is 33.4 Å². The van der Waals surface area contributed by atoms with Crippen LogP contribution in [-0.4, -0.2) is 6.71 Å². The lowest BCUT2D eigenvalue weighted by molar-refractivity contribution is 0.590. The average Bonchev–Trinajstić information content (AvgIpc) is 0.780. The van der Waals surface area contributed by atoms with Crippen LogP contribution in [0, 0.1) is 0 Å². The molecule has 4 nitrogen and oxygen atoms in total. The van der Waals surface area contributed by atoms with Crippen molar-refractivity contribution in [2.75, 3.05) is 19.6 Å². The molecule has 2 aliphatic heterocycles. The van der Waals surface area contributed by atoms with Crippen LogP contribution in [-0.2, 0) is 16.2 Å². The maximum Gasteiger partial charge on any atom is 0.252 e. The van der Waals surface area contributed by atoms with E-state index in [9.17, 15) is 0 Å². The lowest BCUT2D eigenvalue weighted by Gasteiger charge is -2.45. The third kappa shape index (κ3) is 10.7. The van der Waals surface area contributed by atoms with Crippen molar-refractivity contribution in [2.45, 2.75) is 78.6 Å². The summed E-state index contributed by atoms with van der Waals surface area (Å²) >= 11 is 0. The Bertz CT molecular complexity index is 4410. The molecular weight excluding hydrogens is 1080 g/mol. The fourth-order valence-electron chi connectivity index (χ4n) is 13.3. The quantitative estimate of drug-likeness (QED) is 0.120. The zero-order chi connectivity index (χ0) is 61.2. The fraction of sp³-hybridized carbons (Fsp3) is 0.143. The summed E-state index contributed by atoms with van der Waals surface area (Å²) < 4.78 is 0. The van der Waals surface area contributed by atoms with Gasteiger partial charge in [-0.25, -0.2) is 0 Å². The maximum absolute atomic E-state index is 2.60. The van der Waals surface area contributed by atoms with Crippen molar-refractivity contribution in [3.63, 3.8) is 0 Å². The monoisotopic (exact) mass is 1150 g/mol. The van der Waals surface area contributed by atoms with Crippen LogP contribution in [0.15, 0.2) is 291 Å². The molecular formula is C84H75BN4. The van der Waals surface area contributed by atoms with E-state index in [2.05, 4.69) is 373 Å². The van der Waals surface area contributed by atoms with E-state index in [0.717, 1.165) is 68.0 Å². The standard InChI is InChI=1S/C84H75BN4/c1-82(2,3)63-39-47-69(48-40-63)86(70-49-41-64(42-50-70)83(4,5)6)68-43-36-60(37-44-68)62-38-52-74-77(54-62)89(76-33-23-22-32-73(76)61-26-16-11-17-27-61)80-56-65(84(7,8)9)55-79-81(80)85(74)75-53-51-72(87(66-28-18-12-19-29-66)67-30-20-13-21-31-67)57-78(75)88(79)71-45-34-59(35-46-71)58-24-14-10-15-25-58/h10-57H,1-9H3. The van der Waals surface area contributed by atoms with Gasteiger partial charge >= 0.3 is 0 Å². The smallest absolute Gasteiger partial charge is 0.252 e. The van der Waals surface area contributed by atoms with Crippen LogP contribution in [0.2, 0.25) is 0 Å². The van der Waals surface area contributed by atoms with Gasteiger partial charge in [0, 0.05) is 68.1 Å². The molecule has 2 heterocycles. The number of hydrogen-bond acceptors (Lipinski definition) is 4. The molecule has 0 aliphatic carbocycles. The van der Waals surface area contributed by atoms with Gasteiger partial charge in [0.05, 0.1) is 5.69 Å². The molecule has 0 N–H and O–H groups in total. The van der Waals surface area contributed by atoms with Crippen molar-refractivity contribution in [1.82, 2.24) is 0 Å². The Morgan fingerprint density at radius 2 is 0.629 bits per heavy atom. The predicted molar refractivity (Wildman–Crippen MR) is 382 cm³/mol. The topological polar surface area (TPSA) is 13.0 Å². The Morgan fingerprint density at radius 3 is 1.16 bits per heavy atom. The molecule has 0 unspecified atom stereocenters. The number of benzene rings is 12. The lowest BCUT2D eigenvalue weighted by atomic mass is 9.33. The maximum atomic E-state index is 2.60. The predicted octanol–water partition coefficient (Wildman–Crippen LogP) is 21.6. The van der Waals surface area contributed by atoms with E-state index in [0.29, 0.717) is 0 Å². The minimum Gasteiger partial charge on any atom is -0.311 e. The third-order valence-electron chi connectivity index (χ3n) is 18.1. The second-order valence-electron chi connectivity index (χ2n) is 27.1. The molecule has 0 radical (unpaired) electrons. The Hall–Kier alpha value is -10.1. The Morgan fingerprint density at radius 1 is 0.258 bits per heavy atom. The van der Waals surface area contributed by atoms with Gasteiger partial charge in [0.1, 0.15) is 0 Å². The van der Waals surface area contributed by atoms with E-state index in [4.69, 9.17) is 0 Å². The summed E-state index contributed by atoms with van der Waals surface area (Å²) in [6.07, 6.45) is 0. The van der Waals surface area contributed by atoms with Crippen molar-refractivity contribution in [3.8, 4) is 33.4 Å². The molecule has 0 spiro atoms. The van der Waals surface area contributed by atoms with Gasteiger partial charge in [-0.3, -0.25) is 0 Å². The highest BCUT2D eigenvalue weighted by atomic mass is 15.2. The molecule has 0 bridgehead atoms. The summed E-state index contributed by atoms with van der Waals surface area (Å²) in [6.45, 7) is 20.6. The fourth-order valence-corrected chi connectivity index (χ4v) is 13.3. The Balaban J connectivity index is 0.987. The van der Waals surface area contributed by atoms with Crippen molar-refractivity contribution in [3.05, 3.63) is 308 Å². The minimum atomic E-state index is -0.213. The molecule has 0 atom stereocenters. The molecule has 434 valence electrons. The molecule has 2 aliphatic rings. The lowest BCUT2D eigenvalue weighted by Crippen LogP contribution is -2.61. The van der Waals surface area contributed by atoms with E-state index in [1.807, 2.05) is 0 Å². The second kappa shape index (κ2) is 22.6. The normalized spacial score (nSPS) is 12.7. The summed E-state index contributed by atoms with van der Waals surface area (Å²) in [5.41, 5.74) is 28.1. The van der Waals surface area contributed by atoms with Gasteiger partial charge in [-0.2, -0.15) is 0 Å². The number of rotatable bonds is 11. The van der Waals surface area contributed by atoms with Crippen molar-refractivity contribution < 1.29 is 0 Å². The van der Waals surface area contributed by atoms with E-state index in [1.54, 1.807) is 0 Å². The number of anilines is 12. The first-order valence-corrected chi connectivity index (χ1v) is 31.4. The van der Waals surface area contributed by atoms with Crippen molar-refractivity contribution >= 4 is 91.3 Å². The molecule has 12 aromatic carbocycles. The molecule has 5 heteroatoms. The third-order valence-corrected chi connectivity index (χ3v) is 18.1. The number of nitrogens with zero attached hydrogens (tertiary/aromatic N) is 4. The van der Waals surface area contributed by atoms with Crippen LogP contribution in [0.3, 0.4) is 0 Å². The van der Waals surface area contributed by atoms with Crippen LogP contribution >= 0.6 is 0 Å². The zero-order valence-corrected chi connectivity index (χ0v) is 52.6. The zero-order valence-electron chi connectivity index (χ0n) is 52.6. The first kappa shape index (κ1) is 56.7. The van der Waals surface area contributed by atoms with Crippen molar-refractivity contribution in [2.24, 2.45) is 0 Å². The van der Waals surface area contributed by atoms with E-state index in [1.165, 1.54) is 66.7 Å². The molecule has 89 heavy (non-hydrogen) atoms. The number of para-hydroxylation sites is 3. The SMILES string of the molecule is CC(C)(C)c1ccc(N(c2ccc(-c3ccc4c(c3)N(c3ccccc3-c3ccccc3)c3cc(C(C)(C)C)cc5c3B4c3ccc(N(c4ccccc4)c4ccccc4)cc3N5c3ccc(-c4ccccc4)cc3)cc2)c2ccc(C(C)(C)C)cc2)cc1. The van der Waals surface area contributed by atoms with Crippen LogP contribution in [0.4, 0.5) is 68.2 Å². The molecule has 12 aromatic rings. The summed E-state index contributed by atoms with van der Waals surface area (Å²) in [7, 11) is 0. The molecule has 0 aromatic heterocycles. The molecule has 14 rings (SSSR count). The summed E-state index contributed by atoms with van der Waals surface area (Å²) in [4.78, 5) is 9.95. The van der Waals surface area contributed by atoms with E-state index < -0.39 is 0 Å². The minimum absolute atomic E-state index is 0.0415. The number of fused-ring (bicyclic) bond motifs is 4. The van der Waals surface area contributed by atoms with Crippen LogP contribution in [0.1, 0.15) is 79.0 Å². The van der Waals surface area contributed by atoms with E-state index >= 15 is 0 Å². The van der Waals surface area contributed by atoms with Gasteiger partial charge in [-0.15, -0.1) is 0 Å². The summed E-state index contributed by atoms with van der Waals surface area (Å²) in [5.74, 6) is 0. The van der Waals surface area contributed by atoms with Gasteiger partial charge in [0.25, 0.3) is 6.71 Å². The average molecular weight is 1150 g/mol. The van der Waals surface area contributed by atoms with E-state index in [-0.39, 0.29) is 23.0 Å². The molecule has 0 saturated heterocycles. The largest absolute Gasteiger partial charge is 0.311 e. The van der Waals surface area contributed by atoms with Gasteiger partial charge in [-0.1, -0.05) is 244 Å². The highest BCUT2D eigenvalue weighted by Gasteiger charge is 2.45. The second-order valence-corrected chi connectivity index (χ2v) is 27.1. The van der Waals surface area contributed by atoms with Gasteiger partial charge < -0.3 is 19.6 Å². The molecule has 0 saturated carbocycles. The first-order chi connectivity index (χ1) is 43.0. The highest BCUT2D eigenvalue weighted by molar-refractivity contribution is 7.00.